The number of sulfonamides is 1. The van der Waals surface area contributed by atoms with Gasteiger partial charge in [-0.25, -0.2) is 27.9 Å². The second-order valence-electron chi connectivity index (χ2n) is 6.25. The third kappa shape index (κ3) is 4.54. The molecule has 8 heteroatoms. The number of anilines is 1. The fraction of sp³-hybridized carbons (Fsp3) is 0.353. The Kier molecular flexibility index (Phi) is 5.73. The summed E-state index contributed by atoms with van der Waals surface area (Å²) in [5.74, 6) is 0.348. The molecule has 0 saturated carbocycles. The van der Waals surface area contributed by atoms with Gasteiger partial charge in [-0.15, -0.1) is 0 Å². The van der Waals surface area contributed by atoms with Crippen LogP contribution in [-0.2, 0) is 10.0 Å². The number of nitrogens with one attached hydrogen (secondary N) is 2. The maximum atomic E-state index is 12.3. The van der Waals surface area contributed by atoms with Gasteiger partial charge in [-0.2, -0.15) is 0 Å². The van der Waals surface area contributed by atoms with Gasteiger partial charge in [0.05, 0.1) is 12.4 Å². The molecule has 1 heterocycles. The highest BCUT2D eigenvalue weighted by Crippen LogP contribution is 2.32. The van der Waals surface area contributed by atoms with Gasteiger partial charge in [-0.05, 0) is 23.0 Å². The molecule has 0 aliphatic carbocycles. The van der Waals surface area contributed by atoms with E-state index in [-0.39, 0.29) is 16.7 Å². The monoisotopic (exact) mass is 362 g/mol. The first-order chi connectivity index (χ1) is 11.7. The lowest BCUT2D eigenvalue weighted by Gasteiger charge is -2.20. The summed E-state index contributed by atoms with van der Waals surface area (Å²) < 4.78 is 26.4. The summed E-state index contributed by atoms with van der Waals surface area (Å²) in [5, 5.41) is 2.70. The zero-order valence-electron chi connectivity index (χ0n) is 14.6. The van der Waals surface area contributed by atoms with Crippen molar-refractivity contribution in [2.24, 2.45) is 0 Å². The van der Waals surface area contributed by atoms with Crippen molar-refractivity contribution in [3.63, 3.8) is 0 Å². The van der Waals surface area contributed by atoms with E-state index in [0.29, 0.717) is 5.69 Å². The van der Waals surface area contributed by atoms with Crippen LogP contribution in [0.15, 0.2) is 41.8 Å². The van der Waals surface area contributed by atoms with Gasteiger partial charge in [0.25, 0.3) is 10.0 Å². The summed E-state index contributed by atoms with van der Waals surface area (Å²) in [4.78, 5) is 19.4. The Morgan fingerprint density at radius 3 is 2.00 bits per heavy atom. The van der Waals surface area contributed by atoms with Crippen molar-refractivity contribution in [2.75, 3.05) is 5.32 Å². The molecule has 0 aliphatic heterocycles. The second-order valence-corrected chi connectivity index (χ2v) is 7.94. The minimum absolute atomic E-state index is 0.174. The summed E-state index contributed by atoms with van der Waals surface area (Å²) in [5.41, 5.74) is 2.54. The van der Waals surface area contributed by atoms with Gasteiger partial charge in [0, 0.05) is 5.69 Å². The largest absolute Gasteiger partial charge is 0.333 e. The molecule has 1 aromatic carbocycles. The summed E-state index contributed by atoms with van der Waals surface area (Å²) in [6.07, 6.45) is 3.47. The number of carbonyl (C=O) groups excluding carboxylic acids is 1. The van der Waals surface area contributed by atoms with Crippen molar-refractivity contribution >= 4 is 21.7 Å². The number of hydrogen-bond donors (Lipinski definition) is 2. The van der Waals surface area contributed by atoms with E-state index in [2.05, 4.69) is 15.3 Å². The van der Waals surface area contributed by atoms with E-state index in [4.69, 9.17) is 0 Å². The maximum absolute atomic E-state index is 12.3. The fourth-order valence-corrected chi connectivity index (χ4v) is 3.25. The molecule has 134 valence electrons. The number of hydrogen-bond acceptors (Lipinski definition) is 5. The molecule has 1 aromatic heterocycles. The number of para-hydroxylation sites is 1. The minimum atomic E-state index is -4.03. The Balaban J connectivity index is 2.29. The van der Waals surface area contributed by atoms with Crippen molar-refractivity contribution in [1.29, 1.82) is 0 Å². The molecular weight excluding hydrogens is 340 g/mol. The zero-order chi connectivity index (χ0) is 18.6. The molecular formula is C17H22N4O3S. The van der Waals surface area contributed by atoms with E-state index < -0.39 is 16.1 Å². The lowest BCUT2D eigenvalue weighted by Crippen LogP contribution is -2.35. The van der Waals surface area contributed by atoms with E-state index in [0.717, 1.165) is 23.5 Å². The van der Waals surface area contributed by atoms with Crippen LogP contribution < -0.4 is 10.0 Å². The highest BCUT2D eigenvalue weighted by molar-refractivity contribution is 7.90. The number of nitrogens with zero attached hydrogens (tertiary/aromatic N) is 2. The predicted molar refractivity (Wildman–Crippen MR) is 96.0 cm³/mol. The standard InChI is InChI=1S/C17H22N4O3S/c1-11(2)14-6-5-7-15(12(3)4)16(14)20-17(22)21-25(23,24)13-8-18-10-19-9-13/h5-12H,1-4H3,(H2,20,21,22). The first-order valence-electron chi connectivity index (χ1n) is 7.94. The van der Waals surface area contributed by atoms with Crippen molar-refractivity contribution in [2.45, 2.75) is 44.4 Å². The predicted octanol–water partition coefficient (Wildman–Crippen LogP) is 3.23. The molecule has 0 saturated heterocycles. The fourth-order valence-electron chi connectivity index (χ4n) is 2.44. The Bertz CT molecular complexity index is 823. The number of aromatic nitrogens is 2. The van der Waals surface area contributed by atoms with E-state index in [9.17, 15) is 13.2 Å². The van der Waals surface area contributed by atoms with Crippen LogP contribution in [0.25, 0.3) is 0 Å². The van der Waals surface area contributed by atoms with Gasteiger partial charge in [0.2, 0.25) is 0 Å². The number of benzene rings is 1. The highest BCUT2D eigenvalue weighted by Gasteiger charge is 2.21. The van der Waals surface area contributed by atoms with Crippen LogP contribution in [0.3, 0.4) is 0 Å². The molecule has 0 fully saturated rings. The summed E-state index contributed by atoms with van der Waals surface area (Å²) in [6.45, 7) is 8.06. The lowest BCUT2D eigenvalue weighted by molar-refractivity contribution is 0.256. The molecule has 0 atom stereocenters. The van der Waals surface area contributed by atoms with Crippen LogP contribution in [0, 0.1) is 0 Å². The van der Waals surface area contributed by atoms with E-state index in [1.807, 2.05) is 50.6 Å². The average molecular weight is 362 g/mol. The maximum Gasteiger partial charge on any atom is 0.333 e. The molecule has 2 rings (SSSR count). The molecule has 0 radical (unpaired) electrons. The Hall–Kier alpha value is -2.48. The molecule has 0 spiro atoms. The molecule has 2 aromatic rings. The normalized spacial score (nSPS) is 11.6. The van der Waals surface area contributed by atoms with Crippen molar-refractivity contribution in [1.82, 2.24) is 14.7 Å². The summed E-state index contributed by atoms with van der Waals surface area (Å²) >= 11 is 0. The Morgan fingerprint density at radius 1 is 1.00 bits per heavy atom. The van der Waals surface area contributed by atoms with E-state index >= 15 is 0 Å². The van der Waals surface area contributed by atoms with Gasteiger partial charge in [0.15, 0.2) is 0 Å². The first kappa shape index (κ1) is 18.9. The van der Waals surface area contributed by atoms with Crippen molar-refractivity contribution in [3.8, 4) is 0 Å². The van der Waals surface area contributed by atoms with Crippen molar-refractivity contribution in [3.05, 3.63) is 48.0 Å². The van der Waals surface area contributed by atoms with Gasteiger partial charge >= 0.3 is 6.03 Å². The molecule has 0 bridgehead atoms. The quantitative estimate of drug-likeness (QED) is 0.850. The van der Waals surface area contributed by atoms with Crippen LogP contribution >= 0.6 is 0 Å². The third-order valence-corrected chi connectivity index (χ3v) is 4.97. The average Bonchev–Trinajstić information content (AvgIpc) is 2.54. The van der Waals surface area contributed by atoms with Gasteiger partial charge in [-0.3, -0.25) is 0 Å². The van der Waals surface area contributed by atoms with Gasteiger partial charge in [-0.1, -0.05) is 45.9 Å². The smallest absolute Gasteiger partial charge is 0.307 e. The summed E-state index contributed by atoms with van der Waals surface area (Å²) in [6, 6.07) is 4.96. The van der Waals surface area contributed by atoms with Crippen LogP contribution in [0.1, 0.15) is 50.7 Å². The Morgan fingerprint density at radius 2 is 1.52 bits per heavy atom. The van der Waals surface area contributed by atoms with Crippen molar-refractivity contribution < 1.29 is 13.2 Å². The minimum Gasteiger partial charge on any atom is -0.307 e. The SMILES string of the molecule is CC(C)c1cccc(C(C)C)c1NC(=O)NS(=O)(=O)c1cncnc1. The van der Waals surface area contributed by atoms with Crippen LogP contribution in [0.4, 0.5) is 10.5 Å². The number of carbonyl (C=O) groups is 1. The second kappa shape index (κ2) is 7.60. The van der Waals surface area contributed by atoms with Crippen LogP contribution in [-0.4, -0.2) is 24.4 Å². The highest BCUT2D eigenvalue weighted by atomic mass is 32.2. The first-order valence-corrected chi connectivity index (χ1v) is 9.42. The molecule has 2 N–H and O–H groups in total. The number of rotatable bonds is 5. The topological polar surface area (TPSA) is 101 Å². The van der Waals surface area contributed by atoms with Gasteiger partial charge in [0.1, 0.15) is 11.2 Å². The molecule has 7 nitrogen and oxygen atoms in total. The third-order valence-electron chi connectivity index (χ3n) is 3.69. The van der Waals surface area contributed by atoms with E-state index in [1.54, 1.807) is 0 Å². The number of amides is 2. The van der Waals surface area contributed by atoms with Crippen LogP contribution in [0.5, 0.6) is 0 Å². The molecule has 2 amide bonds. The van der Waals surface area contributed by atoms with E-state index in [1.165, 1.54) is 6.33 Å². The number of urea groups is 1. The molecule has 0 aliphatic rings. The molecule has 0 unspecified atom stereocenters. The van der Waals surface area contributed by atoms with Crippen LogP contribution in [0.2, 0.25) is 0 Å². The molecule has 25 heavy (non-hydrogen) atoms. The zero-order valence-corrected chi connectivity index (χ0v) is 15.5. The van der Waals surface area contributed by atoms with Gasteiger partial charge < -0.3 is 5.32 Å². The lowest BCUT2D eigenvalue weighted by atomic mass is 9.93. The summed E-state index contributed by atoms with van der Waals surface area (Å²) in [7, 11) is -4.03. The Labute approximate surface area is 148 Å².